The first-order valence-electron chi connectivity index (χ1n) is 5.77. The second kappa shape index (κ2) is 4.11. The van der Waals surface area contributed by atoms with E-state index in [-0.39, 0.29) is 0 Å². The van der Waals surface area contributed by atoms with Crippen LogP contribution in [0.1, 0.15) is 15.9 Å². The highest BCUT2D eigenvalue weighted by Crippen LogP contribution is 2.27. The summed E-state index contributed by atoms with van der Waals surface area (Å²) in [5, 5.41) is 8.12. The van der Waals surface area contributed by atoms with E-state index < -0.39 is 0 Å². The Morgan fingerprint density at radius 2 is 1.94 bits per heavy atom. The molecule has 3 nitrogen and oxygen atoms in total. The lowest BCUT2D eigenvalue weighted by molar-refractivity contribution is 0.112. The van der Waals surface area contributed by atoms with Crippen LogP contribution in [0, 0.1) is 6.92 Å². The number of hydrogen-bond donors (Lipinski definition) is 1. The summed E-state index contributed by atoms with van der Waals surface area (Å²) in [6, 6.07) is 11.8. The molecule has 0 amide bonds. The number of aryl methyl sites for hydroxylation is 1. The number of fused-ring (bicyclic) bond motifs is 1. The number of aldehydes is 1. The van der Waals surface area contributed by atoms with Gasteiger partial charge in [-0.05, 0) is 35.7 Å². The van der Waals surface area contributed by atoms with Crippen LogP contribution in [-0.2, 0) is 0 Å². The molecule has 3 rings (SSSR count). The molecule has 3 heteroatoms. The summed E-state index contributed by atoms with van der Waals surface area (Å²) in [5.41, 5.74) is 5.18. The molecule has 0 spiro atoms. The van der Waals surface area contributed by atoms with Crippen LogP contribution in [0.4, 0.5) is 0 Å². The smallest absolute Gasteiger partial charge is 0.150 e. The van der Waals surface area contributed by atoms with Crippen molar-refractivity contribution in [2.75, 3.05) is 0 Å². The Hall–Kier alpha value is -2.42. The fourth-order valence-corrected chi connectivity index (χ4v) is 2.16. The van der Waals surface area contributed by atoms with Crippen LogP contribution in [0.15, 0.2) is 42.6 Å². The van der Waals surface area contributed by atoms with Gasteiger partial charge in [-0.1, -0.05) is 24.3 Å². The molecular formula is C15H12N2O. The first-order chi connectivity index (χ1) is 8.78. The van der Waals surface area contributed by atoms with Gasteiger partial charge in [-0.25, -0.2) is 0 Å². The quantitative estimate of drug-likeness (QED) is 0.693. The van der Waals surface area contributed by atoms with Gasteiger partial charge in [0, 0.05) is 10.9 Å². The monoisotopic (exact) mass is 236 g/mol. The minimum absolute atomic E-state index is 0.694. The molecule has 18 heavy (non-hydrogen) atoms. The van der Waals surface area contributed by atoms with Crippen molar-refractivity contribution in [1.82, 2.24) is 10.2 Å². The molecule has 1 aromatic heterocycles. The first-order valence-corrected chi connectivity index (χ1v) is 5.77. The summed E-state index contributed by atoms with van der Waals surface area (Å²) < 4.78 is 0. The maximum atomic E-state index is 10.6. The third-order valence-electron chi connectivity index (χ3n) is 3.14. The fraction of sp³-hybridized carbons (Fsp3) is 0.0667. The summed E-state index contributed by atoms with van der Waals surface area (Å²) in [5.74, 6) is 0. The zero-order chi connectivity index (χ0) is 12.5. The van der Waals surface area contributed by atoms with Gasteiger partial charge in [0.1, 0.15) is 6.29 Å². The minimum Gasteiger partial charge on any atom is -0.298 e. The molecule has 0 aliphatic rings. The summed E-state index contributed by atoms with van der Waals surface area (Å²) in [6.07, 6.45) is 2.68. The zero-order valence-corrected chi connectivity index (χ0v) is 9.97. The maximum Gasteiger partial charge on any atom is 0.150 e. The molecule has 1 N–H and O–H groups in total. The summed E-state index contributed by atoms with van der Waals surface area (Å²) >= 11 is 0. The van der Waals surface area contributed by atoms with E-state index in [4.69, 9.17) is 0 Å². The van der Waals surface area contributed by atoms with Crippen molar-refractivity contribution in [2.24, 2.45) is 0 Å². The van der Waals surface area contributed by atoms with E-state index in [0.29, 0.717) is 5.56 Å². The molecule has 0 radical (unpaired) electrons. The number of hydrogen-bond acceptors (Lipinski definition) is 2. The third-order valence-corrected chi connectivity index (χ3v) is 3.14. The number of benzene rings is 2. The Morgan fingerprint density at radius 1 is 1.17 bits per heavy atom. The second-order valence-electron chi connectivity index (χ2n) is 4.36. The highest BCUT2D eigenvalue weighted by molar-refractivity contribution is 5.86. The van der Waals surface area contributed by atoms with Crippen LogP contribution < -0.4 is 0 Å². The topological polar surface area (TPSA) is 45.8 Å². The van der Waals surface area contributed by atoms with Crippen LogP contribution in [0.5, 0.6) is 0 Å². The average molecular weight is 236 g/mol. The van der Waals surface area contributed by atoms with Gasteiger partial charge in [-0.3, -0.25) is 9.89 Å². The lowest BCUT2D eigenvalue weighted by Gasteiger charge is -2.06. The van der Waals surface area contributed by atoms with Gasteiger partial charge >= 0.3 is 0 Å². The van der Waals surface area contributed by atoms with Crippen LogP contribution in [0.25, 0.3) is 22.0 Å². The van der Waals surface area contributed by atoms with E-state index >= 15 is 0 Å². The van der Waals surface area contributed by atoms with Gasteiger partial charge in [0.2, 0.25) is 0 Å². The van der Waals surface area contributed by atoms with Gasteiger partial charge in [0.05, 0.1) is 11.7 Å². The zero-order valence-electron chi connectivity index (χ0n) is 9.97. The number of carbonyl (C=O) groups excluding carboxylic acids is 1. The number of carbonyl (C=O) groups is 1. The number of aromatic nitrogens is 2. The average Bonchev–Trinajstić information content (AvgIpc) is 2.85. The first kappa shape index (κ1) is 10.7. The molecule has 0 aliphatic heterocycles. The molecule has 0 saturated carbocycles. The molecule has 2 aromatic carbocycles. The molecule has 0 unspecified atom stereocenters. The molecule has 1 heterocycles. The number of nitrogens with one attached hydrogen (secondary N) is 1. The summed E-state index contributed by atoms with van der Waals surface area (Å²) in [4.78, 5) is 10.6. The van der Waals surface area contributed by atoms with E-state index in [1.165, 1.54) is 5.56 Å². The van der Waals surface area contributed by atoms with Gasteiger partial charge < -0.3 is 0 Å². The Labute approximate surface area is 104 Å². The number of aromatic amines is 1. The Morgan fingerprint density at radius 3 is 2.67 bits per heavy atom. The van der Waals surface area contributed by atoms with Gasteiger partial charge in [0.15, 0.2) is 0 Å². The predicted octanol–water partition coefficient (Wildman–Crippen LogP) is 3.35. The highest BCUT2D eigenvalue weighted by Gasteiger charge is 2.05. The van der Waals surface area contributed by atoms with E-state index in [1.54, 1.807) is 0 Å². The Kier molecular flexibility index (Phi) is 2.45. The van der Waals surface area contributed by atoms with E-state index in [9.17, 15) is 4.79 Å². The van der Waals surface area contributed by atoms with E-state index in [2.05, 4.69) is 29.3 Å². The third kappa shape index (κ3) is 1.70. The summed E-state index contributed by atoms with van der Waals surface area (Å²) in [6.45, 7) is 2.08. The Balaban J connectivity index is 2.16. The normalized spacial score (nSPS) is 10.7. The lowest BCUT2D eigenvalue weighted by atomic mass is 9.98. The minimum atomic E-state index is 0.694. The van der Waals surface area contributed by atoms with E-state index in [0.717, 1.165) is 28.3 Å². The van der Waals surface area contributed by atoms with E-state index in [1.807, 2.05) is 30.5 Å². The van der Waals surface area contributed by atoms with Crippen LogP contribution in [0.2, 0.25) is 0 Å². The lowest BCUT2D eigenvalue weighted by Crippen LogP contribution is -1.85. The summed E-state index contributed by atoms with van der Waals surface area (Å²) in [7, 11) is 0. The van der Waals surface area contributed by atoms with Crippen molar-refractivity contribution in [3.05, 3.63) is 53.7 Å². The predicted molar refractivity (Wildman–Crippen MR) is 71.7 cm³/mol. The van der Waals surface area contributed by atoms with Crippen molar-refractivity contribution in [2.45, 2.75) is 6.92 Å². The number of nitrogens with zero attached hydrogens (tertiary/aromatic N) is 1. The molecular weight excluding hydrogens is 224 g/mol. The van der Waals surface area contributed by atoms with Crippen LogP contribution in [0.3, 0.4) is 0 Å². The van der Waals surface area contributed by atoms with Gasteiger partial charge in [-0.2, -0.15) is 5.10 Å². The number of H-pyrrole nitrogens is 1. The largest absolute Gasteiger partial charge is 0.298 e. The standard InChI is InChI=1S/C15H12N2O/c1-10-6-13-8-16-17-15(13)7-14(10)12-4-2-11(9-18)3-5-12/h2-9H,1H3,(H,16,17). The van der Waals surface area contributed by atoms with Crippen molar-refractivity contribution >= 4 is 17.2 Å². The number of rotatable bonds is 2. The van der Waals surface area contributed by atoms with Gasteiger partial charge in [0.25, 0.3) is 0 Å². The second-order valence-corrected chi connectivity index (χ2v) is 4.36. The van der Waals surface area contributed by atoms with Crippen LogP contribution in [-0.4, -0.2) is 16.5 Å². The van der Waals surface area contributed by atoms with Gasteiger partial charge in [-0.15, -0.1) is 0 Å². The molecule has 0 bridgehead atoms. The van der Waals surface area contributed by atoms with Crippen molar-refractivity contribution in [3.8, 4) is 11.1 Å². The van der Waals surface area contributed by atoms with Crippen LogP contribution >= 0.6 is 0 Å². The van der Waals surface area contributed by atoms with Crippen molar-refractivity contribution in [3.63, 3.8) is 0 Å². The molecule has 0 saturated heterocycles. The molecule has 0 aliphatic carbocycles. The molecule has 88 valence electrons. The SMILES string of the molecule is Cc1cc2cn[nH]c2cc1-c1ccc(C=O)cc1. The van der Waals surface area contributed by atoms with Crippen molar-refractivity contribution in [1.29, 1.82) is 0 Å². The maximum absolute atomic E-state index is 10.6. The fourth-order valence-electron chi connectivity index (χ4n) is 2.16. The molecule has 0 atom stereocenters. The Bertz CT molecular complexity index is 711. The van der Waals surface area contributed by atoms with Crippen molar-refractivity contribution < 1.29 is 4.79 Å². The molecule has 0 fully saturated rings. The highest BCUT2D eigenvalue weighted by atomic mass is 16.1. The molecule has 3 aromatic rings.